The Bertz CT molecular complexity index is 599. The summed E-state index contributed by atoms with van der Waals surface area (Å²) in [6.07, 6.45) is 2.67. The van der Waals surface area contributed by atoms with Crippen molar-refractivity contribution in [1.82, 2.24) is 5.32 Å². The summed E-state index contributed by atoms with van der Waals surface area (Å²) in [6, 6.07) is 15.7. The molecule has 1 fully saturated rings. The molecular formula is C19H23NO. The Balaban J connectivity index is 1.53. The molecule has 0 aliphatic heterocycles. The van der Waals surface area contributed by atoms with Crippen LogP contribution in [0.25, 0.3) is 0 Å². The van der Waals surface area contributed by atoms with Crippen LogP contribution in [0.5, 0.6) is 5.75 Å². The van der Waals surface area contributed by atoms with E-state index < -0.39 is 0 Å². The number of ether oxygens (including phenoxy) is 1. The van der Waals surface area contributed by atoms with Crippen molar-refractivity contribution in [2.45, 2.75) is 45.9 Å². The third-order valence-electron chi connectivity index (χ3n) is 4.08. The van der Waals surface area contributed by atoms with E-state index in [0.29, 0.717) is 6.61 Å². The third kappa shape index (κ3) is 4.08. The monoisotopic (exact) mass is 281 g/mol. The molecule has 1 saturated carbocycles. The summed E-state index contributed by atoms with van der Waals surface area (Å²) in [6.45, 7) is 5.83. The third-order valence-corrected chi connectivity index (χ3v) is 4.08. The fraction of sp³-hybridized carbons (Fsp3) is 0.368. The second-order valence-electron chi connectivity index (χ2n) is 6.01. The molecule has 0 atom stereocenters. The van der Waals surface area contributed by atoms with Crippen molar-refractivity contribution >= 4 is 0 Å². The van der Waals surface area contributed by atoms with Gasteiger partial charge in [-0.2, -0.15) is 0 Å². The lowest BCUT2D eigenvalue weighted by Crippen LogP contribution is -2.15. The van der Waals surface area contributed by atoms with Gasteiger partial charge in [0, 0.05) is 12.6 Å². The second-order valence-corrected chi connectivity index (χ2v) is 6.01. The zero-order valence-electron chi connectivity index (χ0n) is 12.9. The van der Waals surface area contributed by atoms with E-state index >= 15 is 0 Å². The van der Waals surface area contributed by atoms with Crippen LogP contribution in [0.15, 0.2) is 42.5 Å². The van der Waals surface area contributed by atoms with Crippen LogP contribution < -0.4 is 10.1 Å². The highest BCUT2D eigenvalue weighted by Gasteiger charge is 2.19. The summed E-state index contributed by atoms with van der Waals surface area (Å²) >= 11 is 0. The van der Waals surface area contributed by atoms with Crippen LogP contribution in [-0.4, -0.2) is 6.04 Å². The number of hydrogen-bond acceptors (Lipinski definition) is 2. The SMILES string of the molecule is Cc1ccc(OCc2ccc(CNC3CC3)cc2)cc1C. The van der Waals surface area contributed by atoms with E-state index in [1.807, 2.05) is 6.07 Å². The van der Waals surface area contributed by atoms with Crippen molar-refractivity contribution in [3.05, 3.63) is 64.7 Å². The molecule has 1 N–H and O–H groups in total. The second kappa shape index (κ2) is 6.31. The van der Waals surface area contributed by atoms with Gasteiger partial charge in [0.2, 0.25) is 0 Å². The first kappa shape index (κ1) is 14.2. The molecular weight excluding hydrogens is 258 g/mol. The lowest BCUT2D eigenvalue weighted by molar-refractivity contribution is 0.306. The predicted molar refractivity (Wildman–Crippen MR) is 86.6 cm³/mol. The van der Waals surface area contributed by atoms with E-state index in [1.54, 1.807) is 0 Å². The smallest absolute Gasteiger partial charge is 0.120 e. The number of benzene rings is 2. The normalized spacial score (nSPS) is 14.2. The van der Waals surface area contributed by atoms with Crippen molar-refractivity contribution in [3.8, 4) is 5.75 Å². The number of rotatable bonds is 6. The number of aryl methyl sites for hydroxylation is 2. The van der Waals surface area contributed by atoms with Gasteiger partial charge in [-0.3, -0.25) is 0 Å². The predicted octanol–water partition coefficient (Wildman–Crippen LogP) is 4.13. The van der Waals surface area contributed by atoms with E-state index in [2.05, 4.69) is 55.6 Å². The van der Waals surface area contributed by atoms with Crippen LogP contribution in [0.2, 0.25) is 0 Å². The summed E-state index contributed by atoms with van der Waals surface area (Å²) in [5.41, 5.74) is 5.13. The standard InChI is InChI=1S/C19H23NO/c1-14-3-10-19(11-15(14)2)21-13-17-6-4-16(5-7-17)12-20-18-8-9-18/h3-7,10-11,18,20H,8-9,12-13H2,1-2H3. The average Bonchev–Trinajstić information content (AvgIpc) is 3.32. The highest BCUT2D eigenvalue weighted by molar-refractivity contribution is 5.34. The molecule has 2 nitrogen and oxygen atoms in total. The Morgan fingerprint density at radius 3 is 2.33 bits per heavy atom. The minimum absolute atomic E-state index is 0.624. The summed E-state index contributed by atoms with van der Waals surface area (Å²) in [7, 11) is 0. The summed E-state index contributed by atoms with van der Waals surface area (Å²) in [5, 5.41) is 3.53. The molecule has 3 rings (SSSR count). The Morgan fingerprint density at radius 1 is 0.952 bits per heavy atom. The average molecular weight is 281 g/mol. The molecule has 0 bridgehead atoms. The molecule has 0 unspecified atom stereocenters. The number of nitrogens with one attached hydrogen (secondary N) is 1. The van der Waals surface area contributed by atoms with Crippen molar-refractivity contribution in [3.63, 3.8) is 0 Å². The zero-order chi connectivity index (χ0) is 14.7. The summed E-state index contributed by atoms with van der Waals surface area (Å²) in [4.78, 5) is 0. The zero-order valence-corrected chi connectivity index (χ0v) is 12.9. The van der Waals surface area contributed by atoms with Crippen molar-refractivity contribution in [2.24, 2.45) is 0 Å². The topological polar surface area (TPSA) is 21.3 Å². The molecule has 110 valence electrons. The van der Waals surface area contributed by atoms with E-state index in [-0.39, 0.29) is 0 Å². The Labute approximate surface area is 127 Å². The molecule has 1 aliphatic rings. The van der Waals surface area contributed by atoms with Gasteiger partial charge in [-0.15, -0.1) is 0 Å². The summed E-state index contributed by atoms with van der Waals surface area (Å²) in [5.74, 6) is 0.942. The molecule has 2 heteroatoms. The van der Waals surface area contributed by atoms with Gasteiger partial charge >= 0.3 is 0 Å². The molecule has 0 spiro atoms. The Morgan fingerprint density at radius 2 is 1.67 bits per heavy atom. The van der Waals surface area contributed by atoms with Gasteiger partial charge in [0.25, 0.3) is 0 Å². The van der Waals surface area contributed by atoms with Gasteiger partial charge < -0.3 is 10.1 Å². The van der Waals surface area contributed by atoms with Crippen LogP contribution in [-0.2, 0) is 13.2 Å². The van der Waals surface area contributed by atoms with Crippen LogP contribution in [0.1, 0.15) is 35.1 Å². The molecule has 0 saturated heterocycles. The van der Waals surface area contributed by atoms with Crippen LogP contribution >= 0.6 is 0 Å². The quantitative estimate of drug-likeness (QED) is 0.859. The maximum absolute atomic E-state index is 5.86. The molecule has 0 radical (unpaired) electrons. The fourth-order valence-electron chi connectivity index (χ4n) is 2.27. The Hall–Kier alpha value is -1.80. The van der Waals surface area contributed by atoms with Crippen LogP contribution in [0, 0.1) is 13.8 Å². The van der Waals surface area contributed by atoms with Gasteiger partial charge in [0.1, 0.15) is 12.4 Å². The molecule has 21 heavy (non-hydrogen) atoms. The summed E-state index contributed by atoms with van der Waals surface area (Å²) < 4.78 is 5.86. The van der Waals surface area contributed by atoms with E-state index in [9.17, 15) is 0 Å². The Kier molecular flexibility index (Phi) is 4.26. The first-order chi connectivity index (χ1) is 10.2. The van der Waals surface area contributed by atoms with Crippen molar-refractivity contribution in [1.29, 1.82) is 0 Å². The van der Waals surface area contributed by atoms with E-state index in [1.165, 1.54) is 35.1 Å². The first-order valence-electron chi connectivity index (χ1n) is 7.72. The van der Waals surface area contributed by atoms with Gasteiger partial charge in [0.15, 0.2) is 0 Å². The maximum Gasteiger partial charge on any atom is 0.120 e. The van der Waals surface area contributed by atoms with E-state index in [0.717, 1.165) is 18.3 Å². The van der Waals surface area contributed by atoms with Gasteiger partial charge in [-0.25, -0.2) is 0 Å². The molecule has 0 aromatic heterocycles. The minimum atomic E-state index is 0.624. The maximum atomic E-state index is 5.86. The highest BCUT2D eigenvalue weighted by Crippen LogP contribution is 2.20. The van der Waals surface area contributed by atoms with Gasteiger partial charge in [-0.1, -0.05) is 30.3 Å². The molecule has 0 heterocycles. The molecule has 2 aromatic carbocycles. The van der Waals surface area contributed by atoms with Gasteiger partial charge in [-0.05, 0) is 61.1 Å². The minimum Gasteiger partial charge on any atom is -0.489 e. The number of hydrogen-bond donors (Lipinski definition) is 1. The fourth-order valence-corrected chi connectivity index (χ4v) is 2.27. The van der Waals surface area contributed by atoms with Gasteiger partial charge in [0.05, 0.1) is 0 Å². The molecule has 2 aromatic rings. The molecule has 0 amide bonds. The lowest BCUT2D eigenvalue weighted by atomic mass is 10.1. The highest BCUT2D eigenvalue weighted by atomic mass is 16.5. The van der Waals surface area contributed by atoms with Crippen molar-refractivity contribution < 1.29 is 4.74 Å². The first-order valence-corrected chi connectivity index (χ1v) is 7.72. The largest absolute Gasteiger partial charge is 0.489 e. The van der Waals surface area contributed by atoms with E-state index in [4.69, 9.17) is 4.74 Å². The lowest BCUT2D eigenvalue weighted by Gasteiger charge is -2.09. The van der Waals surface area contributed by atoms with Crippen LogP contribution in [0.3, 0.4) is 0 Å². The van der Waals surface area contributed by atoms with Crippen LogP contribution in [0.4, 0.5) is 0 Å². The molecule has 1 aliphatic carbocycles. The van der Waals surface area contributed by atoms with Crippen molar-refractivity contribution in [2.75, 3.05) is 0 Å².